The predicted octanol–water partition coefficient (Wildman–Crippen LogP) is 3.54. The van der Waals surface area contributed by atoms with Crippen LogP contribution in [0.5, 0.6) is 11.5 Å². The van der Waals surface area contributed by atoms with Crippen LogP contribution in [0, 0.1) is 6.92 Å². The lowest BCUT2D eigenvalue weighted by Crippen LogP contribution is -2.30. The van der Waals surface area contributed by atoms with Crippen molar-refractivity contribution in [2.24, 2.45) is 0 Å². The van der Waals surface area contributed by atoms with Crippen molar-refractivity contribution in [2.45, 2.75) is 30.7 Å². The highest BCUT2D eigenvalue weighted by Gasteiger charge is 2.36. The van der Waals surface area contributed by atoms with E-state index in [-0.39, 0.29) is 10.9 Å². The molecule has 1 saturated heterocycles. The molecule has 1 atom stereocenters. The molecular formula is C19H23NO4S. The second-order valence-corrected chi connectivity index (χ2v) is 8.10. The SMILES string of the molecule is COc1ccc(S(=O)(=O)N2CCC[C@@H]2c2cccc(C)c2)cc1OC. The number of hydrogen-bond acceptors (Lipinski definition) is 4. The Labute approximate surface area is 149 Å². The molecule has 0 aromatic heterocycles. The van der Waals surface area contributed by atoms with Crippen molar-refractivity contribution in [1.82, 2.24) is 4.31 Å². The molecule has 1 aliphatic heterocycles. The lowest BCUT2D eigenvalue weighted by molar-refractivity contribution is 0.353. The minimum absolute atomic E-state index is 0.127. The van der Waals surface area contributed by atoms with Crippen LogP contribution in [-0.4, -0.2) is 33.5 Å². The van der Waals surface area contributed by atoms with E-state index >= 15 is 0 Å². The minimum Gasteiger partial charge on any atom is -0.493 e. The quantitative estimate of drug-likeness (QED) is 0.817. The van der Waals surface area contributed by atoms with E-state index in [0.717, 1.165) is 24.0 Å². The van der Waals surface area contributed by atoms with Crippen molar-refractivity contribution in [2.75, 3.05) is 20.8 Å². The Bertz CT molecular complexity index is 863. The molecule has 0 amide bonds. The van der Waals surface area contributed by atoms with Crippen LogP contribution >= 0.6 is 0 Å². The van der Waals surface area contributed by atoms with Crippen molar-refractivity contribution in [1.29, 1.82) is 0 Å². The molecule has 134 valence electrons. The average Bonchev–Trinajstić information content (AvgIpc) is 3.11. The molecule has 0 saturated carbocycles. The minimum atomic E-state index is -3.61. The zero-order valence-corrected chi connectivity index (χ0v) is 15.5. The first-order valence-electron chi connectivity index (χ1n) is 8.28. The number of methoxy groups -OCH3 is 2. The Kier molecular flexibility index (Phi) is 5.01. The van der Waals surface area contributed by atoms with Crippen LogP contribution in [0.2, 0.25) is 0 Å². The van der Waals surface area contributed by atoms with E-state index in [1.54, 1.807) is 16.4 Å². The highest BCUT2D eigenvalue weighted by atomic mass is 32.2. The van der Waals surface area contributed by atoms with Crippen molar-refractivity contribution in [3.8, 4) is 11.5 Å². The van der Waals surface area contributed by atoms with Crippen molar-refractivity contribution in [3.63, 3.8) is 0 Å². The number of sulfonamides is 1. The van der Waals surface area contributed by atoms with Gasteiger partial charge in [0.15, 0.2) is 11.5 Å². The maximum atomic E-state index is 13.2. The molecule has 0 spiro atoms. The van der Waals surface area contributed by atoms with Crippen molar-refractivity contribution >= 4 is 10.0 Å². The van der Waals surface area contributed by atoms with Gasteiger partial charge >= 0.3 is 0 Å². The third-order valence-electron chi connectivity index (χ3n) is 4.59. The van der Waals surface area contributed by atoms with Gasteiger partial charge in [-0.25, -0.2) is 8.42 Å². The molecule has 3 rings (SSSR count). The van der Waals surface area contributed by atoms with Gasteiger partial charge in [0.05, 0.1) is 25.2 Å². The van der Waals surface area contributed by atoms with Gasteiger partial charge in [-0.1, -0.05) is 29.8 Å². The van der Waals surface area contributed by atoms with Gasteiger partial charge in [-0.05, 0) is 37.5 Å². The van der Waals surface area contributed by atoms with E-state index in [1.807, 2.05) is 25.1 Å². The summed E-state index contributed by atoms with van der Waals surface area (Å²) in [4.78, 5) is 0.227. The lowest BCUT2D eigenvalue weighted by Gasteiger charge is -2.25. The first-order chi connectivity index (χ1) is 12.0. The highest BCUT2D eigenvalue weighted by Crippen LogP contribution is 2.38. The molecule has 0 unspecified atom stereocenters. The molecule has 1 heterocycles. The molecule has 2 aromatic carbocycles. The smallest absolute Gasteiger partial charge is 0.243 e. The Morgan fingerprint density at radius 1 is 1.04 bits per heavy atom. The van der Waals surface area contributed by atoms with E-state index in [1.165, 1.54) is 20.3 Å². The van der Waals surface area contributed by atoms with Gasteiger partial charge in [0.1, 0.15) is 0 Å². The van der Waals surface area contributed by atoms with E-state index in [0.29, 0.717) is 18.0 Å². The molecule has 5 nitrogen and oxygen atoms in total. The second kappa shape index (κ2) is 7.06. The Hall–Kier alpha value is -2.05. The number of rotatable bonds is 5. The molecule has 25 heavy (non-hydrogen) atoms. The Morgan fingerprint density at radius 3 is 2.48 bits per heavy atom. The molecule has 2 aromatic rings. The van der Waals surface area contributed by atoms with Gasteiger partial charge in [0.25, 0.3) is 0 Å². The summed E-state index contributed by atoms with van der Waals surface area (Å²) in [6.07, 6.45) is 1.68. The molecule has 0 bridgehead atoms. The van der Waals surface area contributed by atoms with Crippen LogP contribution in [0.15, 0.2) is 47.4 Å². The zero-order valence-electron chi connectivity index (χ0n) is 14.7. The highest BCUT2D eigenvalue weighted by molar-refractivity contribution is 7.89. The molecular weight excluding hydrogens is 338 g/mol. The van der Waals surface area contributed by atoms with Crippen LogP contribution in [-0.2, 0) is 10.0 Å². The first kappa shape index (κ1) is 17.8. The topological polar surface area (TPSA) is 55.8 Å². The maximum absolute atomic E-state index is 13.2. The van der Waals surface area contributed by atoms with Crippen LogP contribution in [0.4, 0.5) is 0 Å². The van der Waals surface area contributed by atoms with E-state index in [9.17, 15) is 8.42 Å². The molecule has 0 N–H and O–H groups in total. The summed E-state index contributed by atoms with van der Waals surface area (Å²) < 4.78 is 38.5. The van der Waals surface area contributed by atoms with Crippen LogP contribution < -0.4 is 9.47 Å². The largest absolute Gasteiger partial charge is 0.493 e. The normalized spacial score (nSPS) is 18.3. The summed E-state index contributed by atoms with van der Waals surface area (Å²) in [5.41, 5.74) is 2.18. The van der Waals surface area contributed by atoms with Crippen molar-refractivity contribution < 1.29 is 17.9 Å². The van der Waals surface area contributed by atoms with E-state index in [4.69, 9.17) is 9.47 Å². The number of nitrogens with zero attached hydrogens (tertiary/aromatic N) is 1. The van der Waals surface area contributed by atoms with Gasteiger partial charge < -0.3 is 9.47 Å². The summed E-state index contributed by atoms with van der Waals surface area (Å²) >= 11 is 0. The summed E-state index contributed by atoms with van der Waals surface area (Å²) in [5, 5.41) is 0. The molecule has 0 aliphatic carbocycles. The molecule has 1 fully saturated rings. The predicted molar refractivity (Wildman–Crippen MR) is 96.6 cm³/mol. The van der Waals surface area contributed by atoms with Crippen molar-refractivity contribution in [3.05, 3.63) is 53.6 Å². The van der Waals surface area contributed by atoms with Gasteiger partial charge in [-0.15, -0.1) is 0 Å². The van der Waals surface area contributed by atoms with Crippen LogP contribution in [0.25, 0.3) is 0 Å². The number of benzene rings is 2. The summed E-state index contributed by atoms with van der Waals surface area (Å²) in [6.45, 7) is 2.54. The van der Waals surface area contributed by atoms with E-state index < -0.39 is 10.0 Å². The molecule has 1 aliphatic rings. The summed E-state index contributed by atoms with van der Waals surface area (Å²) in [7, 11) is -0.581. The number of ether oxygens (including phenoxy) is 2. The lowest BCUT2D eigenvalue weighted by atomic mass is 10.0. The van der Waals surface area contributed by atoms with Gasteiger partial charge in [0, 0.05) is 12.6 Å². The maximum Gasteiger partial charge on any atom is 0.243 e. The first-order valence-corrected chi connectivity index (χ1v) is 9.72. The summed E-state index contributed by atoms with van der Waals surface area (Å²) in [6, 6.07) is 12.7. The second-order valence-electron chi connectivity index (χ2n) is 6.20. The fourth-order valence-electron chi connectivity index (χ4n) is 3.35. The molecule has 6 heteroatoms. The Balaban J connectivity index is 1.99. The monoisotopic (exact) mass is 361 g/mol. The zero-order chi connectivity index (χ0) is 18.0. The van der Waals surface area contributed by atoms with Crippen LogP contribution in [0.1, 0.15) is 30.0 Å². The average molecular weight is 361 g/mol. The van der Waals surface area contributed by atoms with Crippen LogP contribution in [0.3, 0.4) is 0 Å². The van der Waals surface area contributed by atoms with Gasteiger partial charge in [-0.3, -0.25) is 0 Å². The Morgan fingerprint density at radius 2 is 1.80 bits per heavy atom. The number of aryl methyl sites for hydroxylation is 1. The fraction of sp³-hybridized carbons (Fsp3) is 0.368. The standard InChI is InChI=1S/C19H23NO4S/c1-14-6-4-7-15(12-14)17-8-5-11-20(17)25(21,22)16-9-10-18(23-2)19(13-16)24-3/h4,6-7,9-10,12-13,17H,5,8,11H2,1-3H3/t17-/m1/s1. The molecule has 0 radical (unpaired) electrons. The van der Waals surface area contributed by atoms with Gasteiger partial charge in [-0.2, -0.15) is 4.31 Å². The van der Waals surface area contributed by atoms with E-state index in [2.05, 4.69) is 6.07 Å². The summed E-state index contributed by atoms with van der Waals surface area (Å²) in [5.74, 6) is 0.924. The third-order valence-corrected chi connectivity index (χ3v) is 6.50. The fourth-order valence-corrected chi connectivity index (χ4v) is 5.05. The van der Waals surface area contributed by atoms with Gasteiger partial charge in [0.2, 0.25) is 10.0 Å². The number of hydrogen-bond donors (Lipinski definition) is 0. The third kappa shape index (κ3) is 3.37.